The molecule has 2 rings (SSSR count). The molecule has 0 aliphatic carbocycles. The highest BCUT2D eigenvalue weighted by Crippen LogP contribution is 2.35. The molecule has 0 fully saturated rings. The van der Waals surface area contributed by atoms with Crippen LogP contribution in [-0.2, 0) is 0 Å². The Kier molecular flexibility index (Phi) is 3.97. The highest BCUT2D eigenvalue weighted by molar-refractivity contribution is 9.10. The van der Waals surface area contributed by atoms with Gasteiger partial charge in [-0.25, -0.2) is 0 Å². The Morgan fingerprint density at radius 3 is 2.41 bits per heavy atom. The minimum absolute atomic E-state index is 0.781. The summed E-state index contributed by atoms with van der Waals surface area (Å²) in [6, 6.07) is 13.8. The molecule has 0 saturated heterocycles. The van der Waals surface area contributed by atoms with Gasteiger partial charge in [-0.1, -0.05) is 11.8 Å². The fraction of sp³-hybridized carbons (Fsp3) is 0.0769. The van der Waals surface area contributed by atoms with Gasteiger partial charge < -0.3 is 10.5 Å². The van der Waals surface area contributed by atoms with E-state index in [4.69, 9.17) is 10.5 Å². The van der Waals surface area contributed by atoms with Crippen LogP contribution in [0.5, 0.6) is 5.75 Å². The van der Waals surface area contributed by atoms with Crippen molar-refractivity contribution in [1.29, 1.82) is 0 Å². The van der Waals surface area contributed by atoms with Crippen molar-refractivity contribution < 1.29 is 4.74 Å². The summed E-state index contributed by atoms with van der Waals surface area (Å²) in [5, 5.41) is 0. The lowest BCUT2D eigenvalue weighted by molar-refractivity contribution is 0.414. The van der Waals surface area contributed by atoms with Crippen molar-refractivity contribution in [3.05, 3.63) is 46.9 Å². The van der Waals surface area contributed by atoms with E-state index in [2.05, 4.69) is 15.9 Å². The van der Waals surface area contributed by atoms with Crippen molar-refractivity contribution >= 4 is 33.4 Å². The van der Waals surface area contributed by atoms with Crippen molar-refractivity contribution in [3.63, 3.8) is 0 Å². The lowest BCUT2D eigenvalue weighted by atomic mass is 10.3. The van der Waals surface area contributed by atoms with Gasteiger partial charge in [0, 0.05) is 20.0 Å². The molecule has 2 N–H and O–H groups in total. The number of hydrogen-bond donors (Lipinski definition) is 1. The van der Waals surface area contributed by atoms with Crippen LogP contribution in [0, 0.1) is 0 Å². The van der Waals surface area contributed by atoms with Crippen LogP contribution in [0.4, 0.5) is 5.69 Å². The first-order valence-corrected chi connectivity index (χ1v) is 6.67. The van der Waals surface area contributed by atoms with Crippen molar-refractivity contribution in [3.8, 4) is 5.75 Å². The second kappa shape index (κ2) is 5.47. The summed E-state index contributed by atoms with van der Waals surface area (Å²) >= 11 is 5.22. The zero-order valence-electron chi connectivity index (χ0n) is 9.31. The smallest absolute Gasteiger partial charge is 0.120 e. The standard InChI is InChI=1S/C13H12BrNOS/c1-16-10-4-7-13(12(14)8-10)17-11-5-2-9(15)3-6-11/h2-8H,15H2,1H3. The Balaban J connectivity index is 2.21. The number of nitrogen functional groups attached to an aromatic ring is 1. The average Bonchev–Trinajstić information content (AvgIpc) is 2.34. The molecular formula is C13H12BrNOS. The van der Waals surface area contributed by atoms with E-state index in [1.807, 2.05) is 42.5 Å². The maximum absolute atomic E-state index is 5.65. The van der Waals surface area contributed by atoms with Crippen LogP contribution in [0.25, 0.3) is 0 Å². The van der Waals surface area contributed by atoms with Gasteiger partial charge in [-0.3, -0.25) is 0 Å². The summed E-state index contributed by atoms with van der Waals surface area (Å²) in [6.45, 7) is 0. The predicted octanol–water partition coefficient (Wildman–Crippen LogP) is 4.19. The third-order valence-electron chi connectivity index (χ3n) is 2.25. The normalized spacial score (nSPS) is 10.2. The van der Waals surface area contributed by atoms with Crippen molar-refractivity contribution in [2.24, 2.45) is 0 Å². The van der Waals surface area contributed by atoms with E-state index in [0.29, 0.717) is 0 Å². The van der Waals surface area contributed by atoms with Gasteiger partial charge >= 0.3 is 0 Å². The number of nitrogens with two attached hydrogens (primary N) is 1. The summed E-state index contributed by atoms with van der Waals surface area (Å²) < 4.78 is 6.19. The summed E-state index contributed by atoms with van der Waals surface area (Å²) in [4.78, 5) is 2.31. The number of rotatable bonds is 3. The quantitative estimate of drug-likeness (QED) is 0.863. The Bertz CT molecular complexity index is 513. The highest BCUT2D eigenvalue weighted by Gasteiger charge is 2.04. The monoisotopic (exact) mass is 309 g/mol. The maximum atomic E-state index is 5.65. The van der Waals surface area contributed by atoms with Gasteiger partial charge in [0.15, 0.2) is 0 Å². The number of hydrogen-bond acceptors (Lipinski definition) is 3. The van der Waals surface area contributed by atoms with E-state index in [9.17, 15) is 0 Å². The van der Waals surface area contributed by atoms with Crippen molar-refractivity contribution in [1.82, 2.24) is 0 Å². The van der Waals surface area contributed by atoms with Crippen LogP contribution in [0.3, 0.4) is 0 Å². The molecule has 4 heteroatoms. The topological polar surface area (TPSA) is 35.2 Å². The lowest BCUT2D eigenvalue weighted by Crippen LogP contribution is -1.84. The van der Waals surface area contributed by atoms with Gasteiger partial charge in [-0.15, -0.1) is 0 Å². The molecule has 2 nitrogen and oxygen atoms in total. The molecule has 0 amide bonds. The van der Waals surface area contributed by atoms with Gasteiger partial charge in [-0.2, -0.15) is 0 Å². The molecule has 2 aromatic rings. The van der Waals surface area contributed by atoms with Crippen LogP contribution < -0.4 is 10.5 Å². The molecule has 0 bridgehead atoms. The first-order valence-electron chi connectivity index (χ1n) is 5.06. The number of benzene rings is 2. The molecule has 0 aromatic heterocycles. The predicted molar refractivity (Wildman–Crippen MR) is 75.7 cm³/mol. The minimum Gasteiger partial charge on any atom is -0.497 e. The molecule has 0 atom stereocenters. The Hall–Kier alpha value is -1.13. The summed E-state index contributed by atoms with van der Waals surface area (Å²) in [5.41, 5.74) is 6.43. The van der Waals surface area contributed by atoms with Crippen molar-refractivity contribution in [2.75, 3.05) is 12.8 Å². The Morgan fingerprint density at radius 2 is 1.82 bits per heavy atom. The molecule has 2 aromatic carbocycles. The van der Waals surface area contributed by atoms with Crippen LogP contribution in [0.15, 0.2) is 56.7 Å². The third-order valence-corrected chi connectivity index (χ3v) is 4.25. The largest absolute Gasteiger partial charge is 0.497 e. The first kappa shape index (κ1) is 12.3. The van der Waals surface area contributed by atoms with Crippen molar-refractivity contribution in [2.45, 2.75) is 9.79 Å². The Morgan fingerprint density at radius 1 is 1.12 bits per heavy atom. The number of halogens is 1. The van der Waals surface area contributed by atoms with E-state index in [1.165, 1.54) is 0 Å². The second-order valence-electron chi connectivity index (χ2n) is 3.47. The van der Waals surface area contributed by atoms with Gasteiger partial charge in [0.25, 0.3) is 0 Å². The maximum Gasteiger partial charge on any atom is 0.120 e. The molecule has 0 saturated carbocycles. The number of anilines is 1. The number of ether oxygens (including phenoxy) is 1. The molecule has 17 heavy (non-hydrogen) atoms. The van der Waals surface area contributed by atoms with Crippen LogP contribution in [0.1, 0.15) is 0 Å². The molecule has 0 aliphatic rings. The average molecular weight is 310 g/mol. The zero-order valence-corrected chi connectivity index (χ0v) is 11.7. The van der Waals surface area contributed by atoms with Crippen LogP contribution in [-0.4, -0.2) is 7.11 Å². The van der Waals surface area contributed by atoms with E-state index < -0.39 is 0 Å². The minimum atomic E-state index is 0.781. The summed E-state index contributed by atoms with van der Waals surface area (Å²) in [7, 11) is 1.66. The van der Waals surface area contributed by atoms with Gasteiger partial charge in [0.05, 0.1) is 7.11 Å². The first-order chi connectivity index (χ1) is 8.19. The van der Waals surface area contributed by atoms with Crippen LogP contribution in [0.2, 0.25) is 0 Å². The SMILES string of the molecule is COc1ccc(Sc2ccc(N)cc2)c(Br)c1. The fourth-order valence-electron chi connectivity index (χ4n) is 1.35. The summed E-state index contributed by atoms with van der Waals surface area (Å²) in [6.07, 6.45) is 0. The van der Waals surface area contributed by atoms with E-state index in [1.54, 1.807) is 18.9 Å². The zero-order chi connectivity index (χ0) is 12.3. The molecule has 0 radical (unpaired) electrons. The van der Waals surface area contributed by atoms with Gasteiger partial charge in [0.2, 0.25) is 0 Å². The fourth-order valence-corrected chi connectivity index (χ4v) is 2.77. The molecule has 0 spiro atoms. The summed E-state index contributed by atoms with van der Waals surface area (Å²) in [5.74, 6) is 0.846. The molecule has 0 heterocycles. The highest BCUT2D eigenvalue weighted by atomic mass is 79.9. The van der Waals surface area contributed by atoms with Crippen LogP contribution >= 0.6 is 27.7 Å². The van der Waals surface area contributed by atoms with E-state index >= 15 is 0 Å². The second-order valence-corrected chi connectivity index (χ2v) is 5.44. The van der Waals surface area contributed by atoms with Gasteiger partial charge in [-0.05, 0) is 58.4 Å². The van der Waals surface area contributed by atoms with E-state index in [0.717, 1.165) is 25.7 Å². The molecule has 88 valence electrons. The molecule has 0 unspecified atom stereocenters. The van der Waals surface area contributed by atoms with Gasteiger partial charge in [0.1, 0.15) is 5.75 Å². The number of methoxy groups -OCH3 is 1. The lowest BCUT2D eigenvalue weighted by Gasteiger charge is -2.06. The third kappa shape index (κ3) is 3.17. The van der Waals surface area contributed by atoms with E-state index in [-0.39, 0.29) is 0 Å². The Labute approximate surface area is 113 Å². The molecule has 0 aliphatic heterocycles. The molecular weight excluding hydrogens is 298 g/mol.